The van der Waals surface area contributed by atoms with Gasteiger partial charge in [-0.15, -0.1) is 0 Å². The lowest BCUT2D eigenvalue weighted by molar-refractivity contribution is -0.134. The number of esters is 1. The number of hydrogen-bond donors (Lipinski definition) is 1. The Morgan fingerprint density at radius 2 is 2.14 bits per heavy atom. The molecule has 0 saturated carbocycles. The van der Waals surface area contributed by atoms with Gasteiger partial charge in [0.15, 0.2) is 0 Å². The number of ether oxygens (including phenoxy) is 1. The largest absolute Gasteiger partial charge is 0.425 e. The van der Waals surface area contributed by atoms with E-state index in [4.69, 9.17) is 16.3 Å². The van der Waals surface area contributed by atoms with E-state index in [2.05, 4.69) is 21.2 Å². The van der Waals surface area contributed by atoms with Crippen molar-refractivity contribution in [2.45, 2.75) is 12.8 Å². The van der Waals surface area contributed by atoms with Crippen LogP contribution in [0.4, 0.5) is 0 Å². The first-order valence-electron chi connectivity index (χ1n) is 6.52. The molecule has 0 spiro atoms. The van der Waals surface area contributed by atoms with E-state index in [-0.39, 0.29) is 18.3 Å². The second-order valence-electron chi connectivity index (χ2n) is 4.42. The number of benzene rings is 1. The molecular formula is C15H13BrClNO3S. The van der Waals surface area contributed by atoms with Crippen LogP contribution < -0.4 is 10.1 Å². The van der Waals surface area contributed by atoms with Gasteiger partial charge < -0.3 is 10.1 Å². The fourth-order valence-corrected chi connectivity index (χ4v) is 3.01. The zero-order valence-electron chi connectivity index (χ0n) is 11.5. The molecule has 4 nitrogen and oxygen atoms in total. The normalized spacial score (nSPS) is 10.3. The lowest BCUT2D eigenvalue weighted by Crippen LogP contribution is -2.24. The van der Waals surface area contributed by atoms with Gasteiger partial charge in [-0.1, -0.05) is 27.5 Å². The fraction of sp³-hybridized carbons (Fsp3) is 0.200. The van der Waals surface area contributed by atoms with Crippen LogP contribution in [-0.4, -0.2) is 18.4 Å². The van der Waals surface area contributed by atoms with Crippen molar-refractivity contribution < 1.29 is 14.3 Å². The van der Waals surface area contributed by atoms with Crippen molar-refractivity contribution in [3.05, 3.63) is 50.1 Å². The van der Waals surface area contributed by atoms with Gasteiger partial charge in [-0.05, 0) is 36.1 Å². The van der Waals surface area contributed by atoms with Gasteiger partial charge in [0, 0.05) is 28.4 Å². The topological polar surface area (TPSA) is 55.4 Å². The highest BCUT2D eigenvalue weighted by molar-refractivity contribution is 9.10. The minimum Gasteiger partial charge on any atom is -0.425 e. The molecule has 1 heterocycles. The van der Waals surface area contributed by atoms with E-state index < -0.39 is 0 Å². The van der Waals surface area contributed by atoms with Crippen LogP contribution in [-0.2, 0) is 4.79 Å². The highest BCUT2D eigenvalue weighted by Crippen LogP contribution is 2.28. The molecule has 0 fully saturated rings. The Labute approximate surface area is 145 Å². The number of halogens is 2. The summed E-state index contributed by atoms with van der Waals surface area (Å²) in [7, 11) is 0. The van der Waals surface area contributed by atoms with Crippen LogP contribution >= 0.6 is 38.9 Å². The third-order valence-corrected chi connectivity index (χ3v) is 4.22. The Bertz CT molecular complexity index is 661. The zero-order chi connectivity index (χ0) is 15.9. The lowest BCUT2D eigenvalue weighted by Gasteiger charge is -2.07. The molecule has 0 atom stereocenters. The standard InChI is InChI=1S/C15H13BrClNO3S/c16-11-3-4-13(12(17)8-11)21-14(19)2-1-6-18-15(20)10-5-7-22-9-10/h3-5,7-9H,1-2,6H2,(H,18,20). The molecule has 7 heteroatoms. The van der Waals surface area contributed by atoms with Crippen molar-refractivity contribution in [2.75, 3.05) is 6.54 Å². The van der Waals surface area contributed by atoms with Crippen LogP contribution in [0.3, 0.4) is 0 Å². The van der Waals surface area contributed by atoms with Crippen molar-refractivity contribution in [3.8, 4) is 5.75 Å². The second kappa shape index (κ2) is 8.31. The van der Waals surface area contributed by atoms with Crippen molar-refractivity contribution in [1.29, 1.82) is 0 Å². The summed E-state index contributed by atoms with van der Waals surface area (Å²) in [5.74, 6) is -0.184. The maximum absolute atomic E-state index is 11.7. The number of hydrogen-bond acceptors (Lipinski definition) is 4. The minimum atomic E-state index is -0.381. The fourth-order valence-electron chi connectivity index (χ4n) is 1.66. The van der Waals surface area contributed by atoms with E-state index in [1.807, 2.05) is 5.38 Å². The molecule has 1 aromatic carbocycles. The Morgan fingerprint density at radius 1 is 1.32 bits per heavy atom. The van der Waals surface area contributed by atoms with Crippen LogP contribution in [0.1, 0.15) is 23.2 Å². The third kappa shape index (κ3) is 5.12. The summed E-state index contributed by atoms with van der Waals surface area (Å²) < 4.78 is 5.99. The number of carbonyl (C=O) groups is 2. The molecule has 0 saturated heterocycles. The van der Waals surface area contributed by atoms with E-state index in [9.17, 15) is 9.59 Å². The molecule has 0 radical (unpaired) electrons. The Kier molecular flexibility index (Phi) is 6.42. The predicted molar refractivity (Wildman–Crippen MR) is 90.7 cm³/mol. The van der Waals surface area contributed by atoms with Gasteiger partial charge in [-0.25, -0.2) is 0 Å². The zero-order valence-corrected chi connectivity index (χ0v) is 14.6. The van der Waals surface area contributed by atoms with Crippen LogP contribution in [0.5, 0.6) is 5.75 Å². The van der Waals surface area contributed by atoms with E-state index in [1.54, 1.807) is 29.6 Å². The van der Waals surface area contributed by atoms with Crippen LogP contribution in [0, 0.1) is 0 Å². The number of nitrogens with one attached hydrogen (secondary N) is 1. The molecule has 0 aliphatic carbocycles. The van der Waals surface area contributed by atoms with Crippen LogP contribution in [0.15, 0.2) is 39.5 Å². The first-order valence-corrected chi connectivity index (χ1v) is 8.64. The van der Waals surface area contributed by atoms with Crippen LogP contribution in [0.25, 0.3) is 0 Å². The van der Waals surface area contributed by atoms with Gasteiger partial charge in [0.2, 0.25) is 0 Å². The number of amides is 1. The second-order valence-corrected chi connectivity index (χ2v) is 6.52. The van der Waals surface area contributed by atoms with Gasteiger partial charge in [-0.3, -0.25) is 9.59 Å². The Hall–Kier alpha value is -1.37. The van der Waals surface area contributed by atoms with Gasteiger partial charge in [0.25, 0.3) is 5.91 Å². The van der Waals surface area contributed by atoms with Gasteiger partial charge in [0.05, 0.1) is 5.02 Å². The summed E-state index contributed by atoms with van der Waals surface area (Å²) in [6, 6.07) is 6.78. The van der Waals surface area contributed by atoms with Crippen molar-refractivity contribution in [1.82, 2.24) is 5.32 Å². The molecule has 1 amide bonds. The predicted octanol–water partition coefficient (Wildman–Crippen LogP) is 4.28. The molecule has 2 rings (SSSR count). The molecule has 1 N–H and O–H groups in total. The molecule has 0 bridgehead atoms. The third-order valence-electron chi connectivity index (χ3n) is 2.74. The average Bonchev–Trinajstić information content (AvgIpc) is 3.01. The molecule has 0 aliphatic rings. The number of rotatable bonds is 6. The highest BCUT2D eigenvalue weighted by atomic mass is 79.9. The van der Waals surface area contributed by atoms with Crippen molar-refractivity contribution in [2.24, 2.45) is 0 Å². The Balaban J connectivity index is 1.71. The molecule has 116 valence electrons. The molecule has 2 aromatic rings. The minimum absolute atomic E-state index is 0.134. The van der Waals surface area contributed by atoms with Gasteiger partial charge in [-0.2, -0.15) is 11.3 Å². The lowest BCUT2D eigenvalue weighted by atomic mass is 10.3. The maximum atomic E-state index is 11.7. The SMILES string of the molecule is O=C(CCCNC(=O)c1ccsc1)Oc1ccc(Br)cc1Cl. The Morgan fingerprint density at radius 3 is 2.82 bits per heavy atom. The summed E-state index contributed by atoms with van der Waals surface area (Å²) in [5.41, 5.74) is 0.634. The summed E-state index contributed by atoms with van der Waals surface area (Å²) in [6.45, 7) is 0.415. The monoisotopic (exact) mass is 401 g/mol. The van der Waals surface area contributed by atoms with Crippen LogP contribution in [0.2, 0.25) is 5.02 Å². The molecule has 22 heavy (non-hydrogen) atoms. The smallest absolute Gasteiger partial charge is 0.311 e. The molecule has 0 unspecified atom stereocenters. The summed E-state index contributed by atoms with van der Waals surface area (Å²) in [5, 5.41) is 6.74. The molecule has 1 aromatic heterocycles. The first kappa shape index (κ1) is 17.0. The summed E-state index contributed by atoms with van der Waals surface area (Å²) >= 11 is 10.7. The van der Waals surface area contributed by atoms with Crippen molar-refractivity contribution >= 4 is 50.7 Å². The van der Waals surface area contributed by atoms with Gasteiger partial charge in [0.1, 0.15) is 5.75 Å². The number of carbonyl (C=O) groups excluding carboxylic acids is 2. The summed E-state index contributed by atoms with van der Waals surface area (Å²) in [6.07, 6.45) is 0.708. The maximum Gasteiger partial charge on any atom is 0.311 e. The van der Waals surface area contributed by atoms with Gasteiger partial charge >= 0.3 is 5.97 Å². The first-order chi connectivity index (χ1) is 10.6. The number of thiophene rings is 1. The highest BCUT2D eigenvalue weighted by Gasteiger charge is 2.09. The van der Waals surface area contributed by atoms with Crippen molar-refractivity contribution in [3.63, 3.8) is 0 Å². The van der Waals surface area contributed by atoms with E-state index in [0.29, 0.717) is 29.3 Å². The molecule has 0 aliphatic heterocycles. The molecular weight excluding hydrogens is 390 g/mol. The van der Waals surface area contributed by atoms with E-state index in [1.165, 1.54) is 11.3 Å². The average molecular weight is 403 g/mol. The van der Waals surface area contributed by atoms with E-state index >= 15 is 0 Å². The quantitative estimate of drug-likeness (QED) is 0.446. The van der Waals surface area contributed by atoms with E-state index in [0.717, 1.165) is 4.47 Å². The summed E-state index contributed by atoms with van der Waals surface area (Å²) in [4.78, 5) is 23.4.